The molecule has 34 heavy (non-hydrogen) atoms. The summed E-state index contributed by atoms with van der Waals surface area (Å²) in [6.07, 6.45) is 0. The monoisotopic (exact) mass is 504 g/mol. The Morgan fingerprint density at radius 2 is 1.94 bits per heavy atom. The van der Waals surface area contributed by atoms with Crippen molar-refractivity contribution in [3.63, 3.8) is 0 Å². The summed E-state index contributed by atoms with van der Waals surface area (Å²) in [6.45, 7) is 1.06. The highest BCUT2D eigenvalue weighted by Crippen LogP contribution is 2.31. The molecule has 0 saturated carbocycles. The number of amides is 2. The Bertz CT molecular complexity index is 1320. The van der Waals surface area contributed by atoms with Crippen molar-refractivity contribution < 1.29 is 19.4 Å². The quantitative estimate of drug-likeness (QED) is 0.358. The lowest BCUT2D eigenvalue weighted by atomic mass is 10.2. The third kappa shape index (κ3) is 5.93. The number of urea groups is 1. The number of carbonyl (C=O) groups is 2. The second-order valence-corrected chi connectivity index (χ2v) is 8.76. The SMILES string of the molecule is CNC(=O)N(C)C.COCCn1c(Nc2nc3ccc(Cl)cc3s2)nc2cc(C(=O)O)ccc21. The first-order valence-electron chi connectivity index (χ1n) is 10.2. The maximum Gasteiger partial charge on any atom is 0.335 e. The van der Waals surface area contributed by atoms with Gasteiger partial charge in [-0.05, 0) is 36.4 Å². The molecular weight excluding hydrogens is 480 g/mol. The minimum atomic E-state index is -0.985. The fraction of sp³-hybridized carbons (Fsp3) is 0.273. The molecule has 2 aromatic carbocycles. The summed E-state index contributed by atoms with van der Waals surface area (Å²) >= 11 is 7.52. The van der Waals surface area contributed by atoms with Gasteiger partial charge in [0.15, 0.2) is 5.13 Å². The van der Waals surface area contributed by atoms with Gasteiger partial charge in [0.2, 0.25) is 5.95 Å². The van der Waals surface area contributed by atoms with Gasteiger partial charge in [-0.2, -0.15) is 0 Å². The molecule has 0 aliphatic rings. The van der Waals surface area contributed by atoms with Crippen LogP contribution in [0, 0.1) is 0 Å². The Morgan fingerprint density at radius 3 is 2.56 bits per heavy atom. The molecule has 0 saturated heterocycles. The van der Waals surface area contributed by atoms with E-state index >= 15 is 0 Å². The smallest absolute Gasteiger partial charge is 0.335 e. The summed E-state index contributed by atoms with van der Waals surface area (Å²) in [5, 5.41) is 16.2. The molecule has 0 radical (unpaired) electrons. The van der Waals surface area contributed by atoms with Gasteiger partial charge in [-0.1, -0.05) is 22.9 Å². The third-order valence-electron chi connectivity index (χ3n) is 4.70. The molecule has 3 N–H and O–H groups in total. The standard InChI is InChI=1S/C18H15ClN4O3S.C4H10N2O/c1-26-7-6-23-14-5-2-10(16(24)25)8-13(14)20-17(23)22-18-21-12-4-3-11(19)9-15(12)27-18;1-5-4(7)6(2)3/h2-5,8-9H,6-7H2,1H3,(H,24,25)(H,20,21,22);1-3H3,(H,5,7). The molecule has 2 amide bonds. The summed E-state index contributed by atoms with van der Waals surface area (Å²) in [4.78, 5) is 32.2. The first-order valence-corrected chi connectivity index (χ1v) is 11.4. The number of carboxylic acid groups (broad SMARTS) is 1. The molecule has 0 fully saturated rings. The van der Waals surface area contributed by atoms with Gasteiger partial charge >= 0.3 is 12.0 Å². The van der Waals surface area contributed by atoms with Gasteiger partial charge in [0.25, 0.3) is 0 Å². The van der Waals surface area contributed by atoms with E-state index in [1.807, 2.05) is 16.7 Å². The van der Waals surface area contributed by atoms with Crippen LogP contribution in [0.1, 0.15) is 10.4 Å². The van der Waals surface area contributed by atoms with Gasteiger partial charge in [0.1, 0.15) is 0 Å². The number of ether oxygens (including phenoxy) is 1. The van der Waals surface area contributed by atoms with E-state index in [1.54, 1.807) is 52.5 Å². The van der Waals surface area contributed by atoms with Crippen LogP contribution in [0.3, 0.4) is 0 Å². The molecule has 0 unspecified atom stereocenters. The minimum Gasteiger partial charge on any atom is -0.478 e. The molecule has 0 aliphatic heterocycles. The van der Waals surface area contributed by atoms with Crippen molar-refractivity contribution in [3.05, 3.63) is 47.0 Å². The van der Waals surface area contributed by atoms with Gasteiger partial charge in [0, 0.05) is 39.8 Å². The lowest BCUT2D eigenvalue weighted by Gasteiger charge is -2.08. The fourth-order valence-electron chi connectivity index (χ4n) is 3.04. The van der Waals surface area contributed by atoms with Gasteiger partial charge in [-0.25, -0.2) is 19.6 Å². The molecule has 0 atom stereocenters. The van der Waals surface area contributed by atoms with Gasteiger partial charge in [-0.15, -0.1) is 0 Å². The van der Waals surface area contributed by atoms with E-state index in [0.717, 1.165) is 15.7 Å². The summed E-state index contributed by atoms with van der Waals surface area (Å²) in [6, 6.07) is 10.3. The Morgan fingerprint density at radius 1 is 1.18 bits per heavy atom. The van der Waals surface area contributed by atoms with Crippen molar-refractivity contribution in [1.82, 2.24) is 24.8 Å². The van der Waals surface area contributed by atoms with Gasteiger partial charge in [-0.3, -0.25) is 0 Å². The van der Waals surface area contributed by atoms with E-state index in [-0.39, 0.29) is 11.6 Å². The van der Waals surface area contributed by atoms with Gasteiger partial charge < -0.3 is 29.9 Å². The van der Waals surface area contributed by atoms with Crippen molar-refractivity contribution >= 4 is 67.3 Å². The Balaban J connectivity index is 0.000000406. The van der Waals surface area contributed by atoms with Gasteiger partial charge in [0.05, 0.1) is 33.4 Å². The van der Waals surface area contributed by atoms with Crippen LogP contribution in [-0.4, -0.2) is 71.4 Å². The summed E-state index contributed by atoms with van der Waals surface area (Å²) in [5.41, 5.74) is 2.46. The van der Waals surface area contributed by atoms with Crippen LogP contribution in [0.25, 0.3) is 21.3 Å². The van der Waals surface area contributed by atoms with Crippen molar-refractivity contribution in [2.75, 3.05) is 40.2 Å². The van der Waals surface area contributed by atoms with E-state index < -0.39 is 5.97 Å². The fourth-order valence-corrected chi connectivity index (χ4v) is 4.17. The summed E-state index contributed by atoms with van der Waals surface area (Å²) in [7, 11) is 6.62. The Kier molecular flexibility index (Phi) is 8.26. The van der Waals surface area contributed by atoms with Crippen LogP contribution in [-0.2, 0) is 11.3 Å². The Labute approximate surface area is 205 Å². The first kappa shape index (κ1) is 25.2. The Hall–Kier alpha value is -3.41. The lowest BCUT2D eigenvalue weighted by molar-refractivity contribution is 0.0697. The number of thiazole rings is 1. The second kappa shape index (κ2) is 11.1. The largest absolute Gasteiger partial charge is 0.478 e. The minimum absolute atomic E-state index is 0.0694. The third-order valence-corrected chi connectivity index (χ3v) is 5.87. The number of hydrogen-bond donors (Lipinski definition) is 3. The molecule has 4 aromatic rings. The molecule has 12 heteroatoms. The molecule has 180 valence electrons. The van der Waals surface area contributed by atoms with E-state index in [9.17, 15) is 14.7 Å². The average molecular weight is 505 g/mol. The maximum absolute atomic E-state index is 11.2. The number of halogens is 1. The molecule has 2 heterocycles. The number of carbonyl (C=O) groups excluding carboxylic acids is 1. The van der Waals surface area contributed by atoms with Crippen molar-refractivity contribution in [3.8, 4) is 0 Å². The number of aromatic carboxylic acids is 1. The van der Waals surface area contributed by atoms with E-state index in [1.165, 1.54) is 16.2 Å². The highest BCUT2D eigenvalue weighted by atomic mass is 35.5. The van der Waals surface area contributed by atoms with E-state index in [4.69, 9.17) is 16.3 Å². The van der Waals surface area contributed by atoms with Crippen LogP contribution >= 0.6 is 22.9 Å². The highest BCUT2D eigenvalue weighted by Gasteiger charge is 2.15. The number of anilines is 2. The first-order chi connectivity index (χ1) is 16.2. The molecule has 2 aromatic heterocycles. The highest BCUT2D eigenvalue weighted by molar-refractivity contribution is 7.22. The van der Waals surface area contributed by atoms with Crippen LogP contribution in [0.4, 0.5) is 15.9 Å². The molecular formula is C22H25ClN6O4S. The topological polar surface area (TPSA) is 122 Å². The molecule has 0 spiro atoms. The number of rotatable bonds is 6. The lowest BCUT2D eigenvalue weighted by Crippen LogP contribution is -2.31. The number of benzene rings is 2. The zero-order valence-electron chi connectivity index (χ0n) is 19.1. The van der Waals surface area contributed by atoms with Crippen molar-refractivity contribution in [1.29, 1.82) is 0 Å². The number of imidazole rings is 1. The number of methoxy groups -OCH3 is 1. The van der Waals surface area contributed by atoms with E-state index in [0.29, 0.717) is 34.8 Å². The van der Waals surface area contributed by atoms with Crippen molar-refractivity contribution in [2.45, 2.75) is 6.54 Å². The van der Waals surface area contributed by atoms with Crippen LogP contribution in [0.2, 0.25) is 5.02 Å². The maximum atomic E-state index is 11.2. The number of hydrogen-bond acceptors (Lipinski definition) is 7. The summed E-state index contributed by atoms with van der Waals surface area (Å²) < 4.78 is 8.11. The predicted octanol–water partition coefficient (Wildman–Crippen LogP) is 4.28. The van der Waals surface area contributed by atoms with E-state index in [2.05, 4.69) is 20.6 Å². The number of nitrogens with one attached hydrogen (secondary N) is 2. The van der Waals surface area contributed by atoms with Crippen LogP contribution in [0.5, 0.6) is 0 Å². The van der Waals surface area contributed by atoms with Crippen LogP contribution in [0.15, 0.2) is 36.4 Å². The number of fused-ring (bicyclic) bond motifs is 2. The zero-order valence-corrected chi connectivity index (χ0v) is 20.7. The molecule has 0 bridgehead atoms. The molecule has 10 nitrogen and oxygen atoms in total. The summed E-state index contributed by atoms with van der Waals surface area (Å²) in [5.74, 6) is -0.407. The second-order valence-electron chi connectivity index (χ2n) is 7.29. The molecule has 4 rings (SSSR count). The average Bonchev–Trinajstić information content (AvgIpc) is 3.36. The zero-order chi connectivity index (χ0) is 24.8. The van der Waals surface area contributed by atoms with Crippen molar-refractivity contribution in [2.24, 2.45) is 0 Å². The number of carboxylic acids is 1. The number of aromatic nitrogens is 3. The predicted molar refractivity (Wildman–Crippen MR) is 135 cm³/mol. The normalized spacial score (nSPS) is 10.6. The van der Waals surface area contributed by atoms with Crippen LogP contribution < -0.4 is 10.6 Å². The molecule has 0 aliphatic carbocycles. The number of nitrogens with zero attached hydrogens (tertiary/aromatic N) is 4.